The van der Waals surface area contributed by atoms with Crippen molar-refractivity contribution in [1.29, 1.82) is 0 Å². The zero-order valence-electron chi connectivity index (χ0n) is 10.5. The molecule has 0 saturated heterocycles. The Morgan fingerprint density at radius 1 is 1.06 bits per heavy atom. The third-order valence-corrected chi connectivity index (χ3v) is 4.22. The van der Waals surface area contributed by atoms with Crippen LogP contribution in [0.25, 0.3) is 0 Å². The van der Waals surface area contributed by atoms with E-state index in [-0.39, 0.29) is 0 Å². The van der Waals surface area contributed by atoms with Gasteiger partial charge in [-0.05, 0) is 29.9 Å². The van der Waals surface area contributed by atoms with Crippen LogP contribution in [0.4, 0.5) is 0 Å². The zero-order valence-corrected chi connectivity index (χ0v) is 10.5. The predicted molar refractivity (Wildman–Crippen MR) is 72.7 cm³/mol. The molecular weight excluding hydrogens is 206 g/mol. The maximum Gasteiger partial charge on any atom is 0.0433 e. The molecule has 1 heterocycles. The Kier molecular flexibility index (Phi) is 3.26. The fourth-order valence-electron chi connectivity index (χ4n) is 3.26. The van der Waals surface area contributed by atoms with Gasteiger partial charge >= 0.3 is 0 Å². The fourth-order valence-corrected chi connectivity index (χ4v) is 3.26. The molecule has 0 bridgehead atoms. The summed E-state index contributed by atoms with van der Waals surface area (Å²) >= 11 is 0. The van der Waals surface area contributed by atoms with Gasteiger partial charge in [0.2, 0.25) is 0 Å². The first-order chi connectivity index (χ1) is 8.43. The second kappa shape index (κ2) is 5.03. The van der Waals surface area contributed by atoms with Crippen LogP contribution in [0.3, 0.4) is 0 Å². The largest absolute Gasteiger partial charge is 0.289 e. The Morgan fingerprint density at radius 2 is 1.88 bits per heavy atom. The minimum Gasteiger partial charge on any atom is -0.289 e. The molecule has 2 aliphatic rings. The van der Waals surface area contributed by atoms with Crippen molar-refractivity contribution in [3.63, 3.8) is 0 Å². The second-order valence-corrected chi connectivity index (χ2v) is 5.44. The molecule has 1 heteroatoms. The average Bonchev–Trinajstić information content (AvgIpc) is 2.40. The van der Waals surface area contributed by atoms with E-state index in [4.69, 9.17) is 4.99 Å². The van der Waals surface area contributed by atoms with Crippen molar-refractivity contribution in [2.75, 3.05) is 6.54 Å². The highest BCUT2D eigenvalue weighted by Gasteiger charge is 2.19. The molecule has 1 saturated carbocycles. The first kappa shape index (κ1) is 11.0. The molecule has 1 nitrogen and oxygen atoms in total. The van der Waals surface area contributed by atoms with Crippen LogP contribution in [0.5, 0.6) is 0 Å². The highest BCUT2D eigenvalue weighted by atomic mass is 14.7. The van der Waals surface area contributed by atoms with Crippen LogP contribution in [-0.2, 0) is 6.42 Å². The number of fused-ring (bicyclic) bond motifs is 1. The van der Waals surface area contributed by atoms with E-state index in [2.05, 4.69) is 24.3 Å². The average molecular weight is 227 g/mol. The van der Waals surface area contributed by atoms with E-state index in [1.807, 2.05) is 0 Å². The predicted octanol–water partition coefficient (Wildman–Crippen LogP) is 4.00. The van der Waals surface area contributed by atoms with Gasteiger partial charge < -0.3 is 0 Å². The fraction of sp³-hybridized carbons (Fsp3) is 0.562. The van der Waals surface area contributed by atoms with E-state index < -0.39 is 0 Å². The van der Waals surface area contributed by atoms with Crippen molar-refractivity contribution in [2.24, 2.45) is 10.9 Å². The van der Waals surface area contributed by atoms with E-state index in [0.717, 1.165) is 18.9 Å². The Balaban J connectivity index is 1.76. The third-order valence-electron chi connectivity index (χ3n) is 4.22. The van der Waals surface area contributed by atoms with Gasteiger partial charge in [0.25, 0.3) is 0 Å². The number of benzene rings is 1. The first-order valence-corrected chi connectivity index (χ1v) is 7.05. The summed E-state index contributed by atoms with van der Waals surface area (Å²) < 4.78 is 0. The Labute approximate surface area is 104 Å². The lowest BCUT2D eigenvalue weighted by atomic mass is 9.83. The molecule has 1 aromatic carbocycles. The summed E-state index contributed by atoms with van der Waals surface area (Å²) in [6.45, 7) is 0.999. The quantitative estimate of drug-likeness (QED) is 0.724. The zero-order chi connectivity index (χ0) is 11.5. The molecule has 0 amide bonds. The van der Waals surface area contributed by atoms with Gasteiger partial charge in [-0.3, -0.25) is 4.99 Å². The molecule has 1 aliphatic heterocycles. The maximum atomic E-state index is 4.78. The molecule has 0 atom stereocenters. The van der Waals surface area contributed by atoms with Crippen LogP contribution < -0.4 is 0 Å². The van der Waals surface area contributed by atoms with Crippen molar-refractivity contribution in [3.8, 4) is 0 Å². The van der Waals surface area contributed by atoms with Gasteiger partial charge in [0.1, 0.15) is 0 Å². The van der Waals surface area contributed by atoms with E-state index >= 15 is 0 Å². The lowest BCUT2D eigenvalue weighted by molar-refractivity contribution is 0.368. The van der Waals surface area contributed by atoms with E-state index in [1.54, 1.807) is 0 Å². The minimum absolute atomic E-state index is 0.897. The molecule has 17 heavy (non-hydrogen) atoms. The van der Waals surface area contributed by atoms with Crippen molar-refractivity contribution in [3.05, 3.63) is 35.4 Å². The number of hydrogen-bond donors (Lipinski definition) is 0. The highest BCUT2D eigenvalue weighted by molar-refractivity contribution is 6.02. The molecule has 1 fully saturated rings. The van der Waals surface area contributed by atoms with Crippen LogP contribution >= 0.6 is 0 Å². The van der Waals surface area contributed by atoms with Crippen LogP contribution in [0, 0.1) is 5.92 Å². The van der Waals surface area contributed by atoms with Gasteiger partial charge in [0.05, 0.1) is 0 Å². The summed E-state index contributed by atoms with van der Waals surface area (Å²) in [5, 5.41) is 0. The number of aliphatic imine (C=N–C) groups is 1. The standard InChI is InChI=1S/C16H21N/c1-2-6-13(7-3-1)12-16-15-9-5-4-8-14(15)10-11-17-16/h4-5,8-9,13H,1-3,6-7,10-12H2. The van der Waals surface area contributed by atoms with E-state index in [9.17, 15) is 0 Å². The monoisotopic (exact) mass is 227 g/mol. The number of hydrogen-bond acceptors (Lipinski definition) is 1. The highest BCUT2D eigenvalue weighted by Crippen LogP contribution is 2.29. The first-order valence-electron chi connectivity index (χ1n) is 7.05. The smallest absolute Gasteiger partial charge is 0.0433 e. The van der Waals surface area contributed by atoms with Gasteiger partial charge in [-0.1, -0.05) is 56.4 Å². The van der Waals surface area contributed by atoms with Gasteiger partial charge in [-0.25, -0.2) is 0 Å². The summed E-state index contributed by atoms with van der Waals surface area (Å²) in [7, 11) is 0. The van der Waals surface area contributed by atoms with Crippen LogP contribution in [-0.4, -0.2) is 12.3 Å². The molecular formula is C16H21N. The molecule has 1 aromatic rings. The third kappa shape index (κ3) is 2.43. The normalized spacial score (nSPS) is 20.8. The Hall–Kier alpha value is -1.11. The summed E-state index contributed by atoms with van der Waals surface area (Å²) in [5.41, 5.74) is 4.33. The van der Waals surface area contributed by atoms with Crippen molar-refractivity contribution in [1.82, 2.24) is 0 Å². The molecule has 3 rings (SSSR count). The number of nitrogens with zero attached hydrogens (tertiary/aromatic N) is 1. The molecule has 0 aromatic heterocycles. The van der Waals surface area contributed by atoms with E-state index in [1.165, 1.54) is 55.4 Å². The van der Waals surface area contributed by atoms with Crippen LogP contribution in [0.15, 0.2) is 29.3 Å². The molecule has 0 spiro atoms. The summed E-state index contributed by atoms with van der Waals surface area (Å²) in [6, 6.07) is 8.84. The van der Waals surface area contributed by atoms with Gasteiger partial charge in [-0.15, -0.1) is 0 Å². The van der Waals surface area contributed by atoms with Crippen LogP contribution in [0.2, 0.25) is 0 Å². The number of rotatable bonds is 2. The minimum atomic E-state index is 0.897. The molecule has 1 aliphatic carbocycles. The van der Waals surface area contributed by atoms with Gasteiger partial charge in [-0.2, -0.15) is 0 Å². The lowest BCUT2D eigenvalue weighted by Crippen LogP contribution is -2.18. The van der Waals surface area contributed by atoms with Crippen molar-refractivity contribution in [2.45, 2.75) is 44.9 Å². The Bertz CT molecular complexity index is 413. The molecule has 0 radical (unpaired) electrons. The van der Waals surface area contributed by atoms with Crippen LogP contribution in [0.1, 0.15) is 49.7 Å². The summed E-state index contributed by atoms with van der Waals surface area (Å²) in [4.78, 5) is 4.78. The van der Waals surface area contributed by atoms with Gasteiger partial charge in [0.15, 0.2) is 0 Å². The topological polar surface area (TPSA) is 12.4 Å². The SMILES string of the molecule is c1ccc2c(c1)CCN=C2CC1CCCCC1. The van der Waals surface area contributed by atoms with E-state index in [0.29, 0.717) is 0 Å². The summed E-state index contributed by atoms with van der Waals surface area (Å²) in [6.07, 6.45) is 9.49. The second-order valence-electron chi connectivity index (χ2n) is 5.44. The molecule has 0 unspecified atom stereocenters. The summed E-state index contributed by atoms with van der Waals surface area (Å²) in [5.74, 6) is 0.897. The molecule has 90 valence electrons. The maximum absolute atomic E-state index is 4.78. The Morgan fingerprint density at radius 3 is 2.76 bits per heavy atom. The van der Waals surface area contributed by atoms with Crippen molar-refractivity contribution < 1.29 is 0 Å². The van der Waals surface area contributed by atoms with Gasteiger partial charge in [0, 0.05) is 12.3 Å². The molecule has 0 N–H and O–H groups in total. The lowest BCUT2D eigenvalue weighted by Gasteiger charge is -2.24. The van der Waals surface area contributed by atoms with Crippen molar-refractivity contribution >= 4 is 5.71 Å².